The van der Waals surface area contributed by atoms with Gasteiger partial charge in [-0.2, -0.15) is 0 Å². The number of ether oxygens (including phenoxy) is 1. The Kier molecular flexibility index (Phi) is 3.29. The van der Waals surface area contributed by atoms with Gasteiger partial charge in [0.15, 0.2) is 0 Å². The molecular formula is C14H21NO2. The Morgan fingerprint density at radius 1 is 1.24 bits per heavy atom. The first kappa shape index (κ1) is 12.2. The Hall–Kier alpha value is -1.22. The van der Waals surface area contributed by atoms with Gasteiger partial charge in [-0.3, -0.25) is 0 Å². The molecule has 1 saturated carbocycles. The summed E-state index contributed by atoms with van der Waals surface area (Å²) in [7, 11) is 1.61. The first-order valence-corrected chi connectivity index (χ1v) is 6.24. The Balaban J connectivity index is 2.42. The Bertz CT molecular complexity index is 409. The largest absolute Gasteiger partial charge is 0.507 e. The molecule has 0 amide bonds. The zero-order valence-corrected chi connectivity index (χ0v) is 10.6. The summed E-state index contributed by atoms with van der Waals surface area (Å²) < 4.78 is 5.20. The van der Waals surface area contributed by atoms with Crippen LogP contribution in [0.15, 0.2) is 12.1 Å². The van der Waals surface area contributed by atoms with E-state index in [1.54, 1.807) is 7.11 Å². The molecule has 1 aromatic carbocycles. The highest BCUT2D eigenvalue weighted by Gasteiger charge is 2.32. The Labute approximate surface area is 103 Å². The van der Waals surface area contributed by atoms with Gasteiger partial charge in [0.25, 0.3) is 0 Å². The van der Waals surface area contributed by atoms with E-state index in [0.29, 0.717) is 11.5 Å². The molecule has 0 heterocycles. The van der Waals surface area contributed by atoms with Gasteiger partial charge >= 0.3 is 0 Å². The first-order valence-electron chi connectivity index (χ1n) is 6.24. The molecule has 0 aromatic heterocycles. The molecule has 3 nitrogen and oxygen atoms in total. The second-order valence-corrected chi connectivity index (χ2v) is 5.01. The van der Waals surface area contributed by atoms with Crippen molar-refractivity contribution in [2.75, 3.05) is 7.11 Å². The fourth-order valence-electron chi connectivity index (χ4n) is 2.76. The van der Waals surface area contributed by atoms with Gasteiger partial charge in [-0.05, 0) is 31.9 Å². The second-order valence-electron chi connectivity index (χ2n) is 5.01. The number of phenols is 1. The predicted molar refractivity (Wildman–Crippen MR) is 68.3 cm³/mol. The molecule has 1 aliphatic rings. The zero-order valence-electron chi connectivity index (χ0n) is 10.6. The summed E-state index contributed by atoms with van der Waals surface area (Å²) in [4.78, 5) is 0. The number of phenolic OH excluding ortho intramolecular Hbond substituents is 1. The van der Waals surface area contributed by atoms with Crippen molar-refractivity contribution in [1.29, 1.82) is 0 Å². The third-order valence-electron chi connectivity index (χ3n) is 3.88. The van der Waals surface area contributed by atoms with Crippen LogP contribution in [0.4, 0.5) is 0 Å². The van der Waals surface area contributed by atoms with Gasteiger partial charge in [0.1, 0.15) is 11.5 Å². The van der Waals surface area contributed by atoms with E-state index in [-0.39, 0.29) is 5.54 Å². The Morgan fingerprint density at radius 3 is 2.47 bits per heavy atom. The lowest BCUT2D eigenvalue weighted by molar-refractivity contribution is 0.290. The highest BCUT2D eigenvalue weighted by molar-refractivity contribution is 5.51. The number of nitrogens with two attached hydrogens (primary N) is 1. The molecule has 0 spiro atoms. The maximum Gasteiger partial charge on any atom is 0.127 e. The van der Waals surface area contributed by atoms with Crippen LogP contribution in [0.2, 0.25) is 0 Å². The third-order valence-corrected chi connectivity index (χ3v) is 3.88. The van der Waals surface area contributed by atoms with Crippen LogP contribution in [-0.2, 0) is 5.54 Å². The molecule has 0 bridgehead atoms. The molecule has 0 saturated heterocycles. The molecule has 1 aliphatic carbocycles. The summed E-state index contributed by atoms with van der Waals surface area (Å²) in [6.45, 7) is 1.86. The van der Waals surface area contributed by atoms with Gasteiger partial charge in [0, 0.05) is 16.7 Å². The third kappa shape index (κ3) is 2.12. The van der Waals surface area contributed by atoms with E-state index in [9.17, 15) is 5.11 Å². The van der Waals surface area contributed by atoms with E-state index in [4.69, 9.17) is 10.5 Å². The molecule has 17 heavy (non-hydrogen) atoms. The van der Waals surface area contributed by atoms with Crippen molar-refractivity contribution < 1.29 is 9.84 Å². The zero-order chi connectivity index (χ0) is 12.5. The average Bonchev–Trinajstić information content (AvgIpc) is 2.33. The van der Waals surface area contributed by atoms with E-state index in [0.717, 1.165) is 36.8 Å². The monoisotopic (exact) mass is 235 g/mol. The lowest BCUT2D eigenvalue weighted by Crippen LogP contribution is -2.38. The van der Waals surface area contributed by atoms with Crippen LogP contribution < -0.4 is 10.5 Å². The van der Waals surface area contributed by atoms with Crippen molar-refractivity contribution in [2.24, 2.45) is 5.73 Å². The smallest absolute Gasteiger partial charge is 0.127 e. The van der Waals surface area contributed by atoms with Crippen LogP contribution in [0.1, 0.15) is 43.2 Å². The number of hydrogen-bond acceptors (Lipinski definition) is 3. The summed E-state index contributed by atoms with van der Waals surface area (Å²) in [5.74, 6) is 1.01. The maximum absolute atomic E-state index is 10.3. The van der Waals surface area contributed by atoms with Crippen molar-refractivity contribution in [3.63, 3.8) is 0 Å². The van der Waals surface area contributed by atoms with E-state index in [1.165, 1.54) is 6.42 Å². The van der Waals surface area contributed by atoms with Crippen LogP contribution in [-0.4, -0.2) is 12.2 Å². The van der Waals surface area contributed by atoms with Gasteiger partial charge in [0.05, 0.1) is 7.11 Å². The second kappa shape index (κ2) is 4.57. The van der Waals surface area contributed by atoms with Gasteiger partial charge in [-0.15, -0.1) is 0 Å². The predicted octanol–water partition coefficient (Wildman–Crippen LogP) is 2.83. The molecule has 0 radical (unpaired) electrons. The molecule has 3 heteroatoms. The van der Waals surface area contributed by atoms with Crippen molar-refractivity contribution in [3.8, 4) is 11.5 Å². The minimum atomic E-state index is -0.362. The summed E-state index contributed by atoms with van der Waals surface area (Å²) in [5, 5.41) is 10.3. The molecule has 94 valence electrons. The highest BCUT2D eigenvalue weighted by Crippen LogP contribution is 2.42. The lowest BCUT2D eigenvalue weighted by Gasteiger charge is -2.34. The van der Waals surface area contributed by atoms with Crippen molar-refractivity contribution >= 4 is 0 Å². The first-order chi connectivity index (χ1) is 8.08. The van der Waals surface area contributed by atoms with Crippen molar-refractivity contribution in [1.82, 2.24) is 0 Å². The lowest BCUT2D eigenvalue weighted by atomic mass is 9.76. The van der Waals surface area contributed by atoms with E-state index < -0.39 is 0 Å². The molecular weight excluding hydrogens is 214 g/mol. The van der Waals surface area contributed by atoms with Crippen LogP contribution in [0.3, 0.4) is 0 Å². The SMILES string of the molecule is COc1ccc(C2(N)CCCCC2)c(O)c1C. The van der Waals surface area contributed by atoms with E-state index >= 15 is 0 Å². The fraction of sp³-hybridized carbons (Fsp3) is 0.571. The molecule has 3 N–H and O–H groups in total. The molecule has 2 rings (SSSR count). The van der Waals surface area contributed by atoms with Crippen molar-refractivity contribution in [3.05, 3.63) is 23.3 Å². The number of methoxy groups -OCH3 is 1. The number of aromatic hydroxyl groups is 1. The van der Waals surface area contributed by atoms with Crippen LogP contribution >= 0.6 is 0 Å². The minimum absolute atomic E-state index is 0.300. The summed E-state index contributed by atoms with van der Waals surface area (Å²) >= 11 is 0. The van der Waals surface area contributed by atoms with E-state index in [2.05, 4.69) is 0 Å². The summed E-state index contributed by atoms with van der Waals surface area (Å²) in [6.07, 6.45) is 5.43. The van der Waals surface area contributed by atoms with Gasteiger partial charge in [0.2, 0.25) is 0 Å². The topological polar surface area (TPSA) is 55.5 Å². The Morgan fingerprint density at radius 2 is 1.88 bits per heavy atom. The molecule has 0 atom stereocenters. The standard InChI is InChI=1S/C14H21NO2/c1-10-12(17-2)7-6-11(13(10)16)14(15)8-4-3-5-9-14/h6-7,16H,3-5,8-9,15H2,1-2H3. The molecule has 0 aliphatic heterocycles. The minimum Gasteiger partial charge on any atom is -0.507 e. The number of rotatable bonds is 2. The van der Waals surface area contributed by atoms with Crippen LogP contribution in [0, 0.1) is 6.92 Å². The van der Waals surface area contributed by atoms with Gasteiger partial charge in [-0.25, -0.2) is 0 Å². The molecule has 1 aromatic rings. The van der Waals surface area contributed by atoms with Gasteiger partial charge < -0.3 is 15.6 Å². The van der Waals surface area contributed by atoms with Crippen molar-refractivity contribution in [2.45, 2.75) is 44.6 Å². The highest BCUT2D eigenvalue weighted by atomic mass is 16.5. The normalized spacial score (nSPS) is 19.0. The maximum atomic E-state index is 10.3. The molecule has 1 fully saturated rings. The van der Waals surface area contributed by atoms with Crippen LogP contribution in [0.5, 0.6) is 11.5 Å². The fourth-order valence-corrected chi connectivity index (χ4v) is 2.76. The summed E-state index contributed by atoms with van der Waals surface area (Å²) in [5.41, 5.74) is 7.73. The van der Waals surface area contributed by atoms with Gasteiger partial charge in [-0.1, -0.05) is 19.3 Å². The summed E-state index contributed by atoms with van der Waals surface area (Å²) in [6, 6.07) is 3.81. The number of benzene rings is 1. The van der Waals surface area contributed by atoms with Crippen LogP contribution in [0.25, 0.3) is 0 Å². The van der Waals surface area contributed by atoms with E-state index in [1.807, 2.05) is 19.1 Å². The quantitative estimate of drug-likeness (QED) is 0.828. The average molecular weight is 235 g/mol. The number of hydrogen-bond donors (Lipinski definition) is 2. The molecule has 0 unspecified atom stereocenters.